The van der Waals surface area contributed by atoms with Gasteiger partial charge >= 0.3 is 0 Å². The van der Waals surface area contributed by atoms with Gasteiger partial charge in [-0.15, -0.1) is 0 Å². The van der Waals surface area contributed by atoms with Crippen LogP contribution in [0.2, 0.25) is 0 Å². The zero-order chi connectivity index (χ0) is 19.9. The van der Waals surface area contributed by atoms with Crippen LogP contribution in [0.4, 0.5) is 11.4 Å². The van der Waals surface area contributed by atoms with Crippen molar-refractivity contribution in [1.29, 1.82) is 0 Å². The fourth-order valence-corrected chi connectivity index (χ4v) is 3.33. The topological polar surface area (TPSA) is 87.3 Å². The summed E-state index contributed by atoms with van der Waals surface area (Å²) >= 11 is 0. The third kappa shape index (κ3) is 5.42. The second kappa shape index (κ2) is 9.17. The van der Waals surface area contributed by atoms with Gasteiger partial charge in [-0.05, 0) is 61.4 Å². The van der Waals surface area contributed by atoms with Crippen molar-refractivity contribution in [2.75, 3.05) is 10.6 Å². The van der Waals surface area contributed by atoms with Gasteiger partial charge in [0, 0.05) is 35.5 Å². The molecule has 3 rings (SSSR count). The van der Waals surface area contributed by atoms with E-state index in [1.165, 1.54) is 13.3 Å². The highest BCUT2D eigenvalue weighted by Gasteiger charge is 2.17. The van der Waals surface area contributed by atoms with Gasteiger partial charge in [0.15, 0.2) is 0 Å². The Labute approximate surface area is 164 Å². The number of nitrogens with one attached hydrogen (secondary N) is 3. The van der Waals surface area contributed by atoms with Crippen LogP contribution in [0.25, 0.3) is 0 Å². The van der Waals surface area contributed by atoms with Gasteiger partial charge in [-0.2, -0.15) is 0 Å². The van der Waals surface area contributed by atoms with E-state index in [2.05, 4.69) is 16.0 Å². The normalized spacial score (nSPS) is 14.2. The molecule has 0 spiro atoms. The van der Waals surface area contributed by atoms with Crippen LogP contribution < -0.4 is 16.0 Å². The minimum Gasteiger partial charge on any atom is -0.349 e. The molecule has 0 bridgehead atoms. The van der Waals surface area contributed by atoms with Gasteiger partial charge in [-0.25, -0.2) is 0 Å². The SMILES string of the molecule is CC(=O)Nc1ccc(NC(=O)c2ccc(C(=O)NC3CCCCC3)cc2)cc1. The fraction of sp³-hybridized carbons (Fsp3) is 0.318. The lowest BCUT2D eigenvalue weighted by Crippen LogP contribution is -2.36. The summed E-state index contributed by atoms with van der Waals surface area (Å²) in [6.45, 7) is 1.44. The summed E-state index contributed by atoms with van der Waals surface area (Å²) in [6, 6.07) is 13.8. The minimum absolute atomic E-state index is 0.0904. The predicted molar refractivity (Wildman–Crippen MR) is 109 cm³/mol. The van der Waals surface area contributed by atoms with E-state index in [0.29, 0.717) is 22.5 Å². The third-order valence-electron chi connectivity index (χ3n) is 4.81. The molecule has 0 aromatic heterocycles. The molecule has 146 valence electrons. The first-order valence-electron chi connectivity index (χ1n) is 9.61. The van der Waals surface area contributed by atoms with E-state index in [0.717, 1.165) is 25.7 Å². The van der Waals surface area contributed by atoms with Gasteiger partial charge in [0.1, 0.15) is 0 Å². The number of anilines is 2. The van der Waals surface area contributed by atoms with E-state index >= 15 is 0 Å². The van der Waals surface area contributed by atoms with Crippen molar-refractivity contribution in [3.63, 3.8) is 0 Å². The van der Waals surface area contributed by atoms with Gasteiger partial charge in [-0.1, -0.05) is 19.3 Å². The summed E-state index contributed by atoms with van der Waals surface area (Å²) < 4.78 is 0. The first kappa shape index (κ1) is 19.6. The van der Waals surface area contributed by atoms with E-state index in [-0.39, 0.29) is 23.8 Å². The van der Waals surface area contributed by atoms with E-state index in [9.17, 15) is 14.4 Å². The largest absolute Gasteiger partial charge is 0.349 e. The highest BCUT2D eigenvalue weighted by molar-refractivity contribution is 6.05. The van der Waals surface area contributed by atoms with Crippen molar-refractivity contribution < 1.29 is 14.4 Å². The Morgan fingerprint density at radius 1 is 0.714 bits per heavy atom. The Morgan fingerprint density at radius 3 is 1.75 bits per heavy atom. The molecule has 3 N–H and O–H groups in total. The van der Waals surface area contributed by atoms with Gasteiger partial charge in [0.05, 0.1) is 0 Å². The molecule has 6 nitrogen and oxygen atoms in total. The second-order valence-electron chi connectivity index (χ2n) is 7.10. The Morgan fingerprint density at radius 2 is 1.21 bits per heavy atom. The number of hydrogen-bond acceptors (Lipinski definition) is 3. The Kier molecular flexibility index (Phi) is 6.42. The van der Waals surface area contributed by atoms with Crippen LogP contribution in [0.5, 0.6) is 0 Å². The second-order valence-corrected chi connectivity index (χ2v) is 7.10. The molecule has 0 atom stereocenters. The third-order valence-corrected chi connectivity index (χ3v) is 4.81. The van der Waals surface area contributed by atoms with Crippen LogP contribution in [0.1, 0.15) is 59.7 Å². The summed E-state index contributed by atoms with van der Waals surface area (Å²) in [5.74, 6) is -0.497. The lowest BCUT2D eigenvalue weighted by atomic mass is 9.95. The summed E-state index contributed by atoms with van der Waals surface area (Å²) in [5.41, 5.74) is 2.32. The molecule has 1 fully saturated rings. The lowest BCUT2D eigenvalue weighted by Gasteiger charge is -2.22. The van der Waals surface area contributed by atoms with Crippen molar-refractivity contribution in [1.82, 2.24) is 5.32 Å². The van der Waals surface area contributed by atoms with Gasteiger partial charge < -0.3 is 16.0 Å². The molecule has 0 radical (unpaired) electrons. The number of rotatable bonds is 5. The minimum atomic E-state index is -0.258. The van der Waals surface area contributed by atoms with Crippen molar-refractivity contribution in [2.45, 2.75) is 45.1 Å². The number of hydrogen-bond donors (Lipinski definition) is 3. The molecule has 0 heterocycles. The summed E-state index contributed by atoms with van der Waals surface area (Å²) in [6.07, 6.45) is 5.64. The Bertz CT molecular complexity index is 838. The van der Waals surface area contributed by atoms with E-state index in [1.807, 2.05) is 0 Å². The van der Waals surface area contributed by atoms with Crippen LogP contribution in [0.3, 0.4) is 0 Å². The maximum atomic E-state index is 12.4. The molecule has 0 unspecified atom stereocenters. The van der Waals surface area contributed by atoms with E-state index in [4.69, 9.17) is 0 Å². The Balaban J connectivity index is 1.57. The number of amides is 3. The first-order valence-corrected chi connectivity index (χ1v) is 9.61. The van der Waals surface area contributed by atoms with E-state index < -0.39 is 0 Å². The molecule has 1 saturated carbocycles. The average Bonchev–Trinajstić information content (AvgIpc) is 2.70. The lowest BCUT2D eigenvalue weighted by molar-refractivity contribution is -0.114. The monoisotopic (exact) mass is 379 g/mol. The highest BCUT2D eigenvalue weighted by atomic mass is 16.2. The molecule has 28 heavy (non-hydrogen) atoms. The molecule has 6 heteroatoms. The van der Waals surface area contributed by atoms with Crippen molar-refractivity contribution in [2.24, 2.45) is 0 Å². The van der Waals surface area contributed by atoms with Crippen LogP contribution in [-0.4, -0.2) is 23.8 Å². The first-order chi connectivity index (χ1) is 13.5. The molecule has 3 amide bonds. The molecule has 0 saturated heterocycles. The van der Waals surface area contributed by atoms with Gasteiger partial charge in [0.2, 0.25) is 5.91 Å². The molecular formula is C22H25N3O3. The van der Waals surface area contributed by atoms with Crippen LogP contribution in [0, 0.1) is 0 Å². The summed E-state index contributed by atoms with van der Waals surface area (Å²) in [7, 11) is 0. The molecule has 1 aliphatic rings. The Hall–Kier alpha value is -3.15. The van der Waals surface area contributed by atoms with Crippen LogP contribution >= 0.6 is 0 Å². The van der Waals surface area contributed by atoms with Crippen molar-refractivity contribution in [3.8, 4) is 0 Å². The number of carbonyl (C=O) groups is 3. The number of benzene rings is 2. The predicted octanol–water partition coefficient (Wildman–Crippen LogP) is 3.96. The number of carbonyl (C=O) groups excluding carboxylic acids is 3. The van der Waals surface area contributed by atoms with Gasteiger partial charge in [-0.3, -0.25) is 14.4 Å². The molecule has 2 aromatic carbocycles. The molecule has 0 aliphatic heterocycles. The summed E-state index contributed by atoms with van der Waals surface area (Å²) in [4.78, 5) is 35.8. The van der Waals surface area contributed by atoms with Crippen LogP contribution in [0.15, 0.2) is 48.5 Å². The maximum Gasteiger partial charge on any atom is 0.255 e. The quantitative estimate of drug-likeness (QED) is 0.735. The fourth-order valence-electron chi connectivity index (χ4n) is 3.33. The van der Waals surface area contributed by atoms with Gasteiger partial charge in [0.25, 0.3) is 11.8 Å². The zero-order valence-electron chi connectivity index (χ0n) is 16.0. The van der Waals surface area contributed by atoms with Crippen molar-refractivity contribution in [3.05, 3.63) is 59.7 Å². The van der Waals surface area contributed by atoms with Crippen LogP contribution in [-0.2, 0) is 4.79 Å². The molecule has 2 aromatic rings. The average molecular weight is 379 g/mol. The van der Waals surface area contributed by atoms with Crippen molar-refractivity contribution >= 4 is 29.1 Å². The smallest absolute Gasteiger partial charge is 0.255 e. The summed E-state index contributed by atoms with van der Waals surface area (Å²) in [5, 5.41) is 8.55. The zero-order valence-corrected chi connectivity index (χ0v) is 16.0. The maximum absolute atomic E-state index is 12.4. The highest BCUT2D eigenvalue weighted by Crippen LogP contribution is 2.18. The molecule has 1 aliphatic carbocycles. The van der Waals surface area contributed by atoms with E-state index in [1.54, 1.807) is 48.5 Å². The molecular weight excluding hydrogens is 354 g/mol. The standard InChI is InChI=1S/C22H25N3O3/c1-15(26)23-19-11-13-20(14-12-19)25-22(28)17-9-7-16(8-10-17)21(27)24-18-5-3-2-4-6-18/h7-14,18H,2-6H2,1H3,(H,23,26)(H,24,27)(H,25,28).